The Labute approximate surface area is 246 Å². The number of nitrogens with zero attached hydrogens (tertiary/aromatic N) is 6. The molecule has 3 saturated heterocycles. The Hall–Kier alpha value is -3.68. The summed E-state index contributed by atoms with van der Waals surface area (Å²) in [7, 11) is 2.17. The Morgan fingerprint density at radius 1 is 1.21 bits per heavy atom. The van der Waals surface area contributed by atoms with Crippen molar-refractivity contribution in [2.45, 2.75) is 87.9 Å². The molecule has 5 unspecified atom stereocenters. The molecule has 0 radical (unpaired) electrons. The van der Waals surface area contributed by atoms with Gasteiger partial charge in [-0.1, -0.05) is 11.2 Å². The molecule has 5 atom stereocenters. The zero-order valence-corrected chi connectivity index (χ0v) is 24.4. The van der Waals surface area contributed by atoms with Gasteiger partial charge in [0.2, 0.25) is 5.88 Å². The Balaban J connectivity index is 1.21. The molecule has 0 bridgehead atoms. The first-order valence-electron chi connectivity index (χ1n) is 15.5. The van der Waals surface area contributed by atoms with Gasteiger partial charge in [-0.15, -0.1) is 0 Å². The van der Waals surface area contributed by atoms with Crippen LogP contribution in [0.3, 0.4) is 0 Å². The van der Waals surface area contributed by atoms with Crippen molar-refractivity contribution in [1.29, 1.82) is 5.26 Å². The molecule has 0 saturated carbocycles. The second kappa shape index (κ2) is 9.68. The molecule has 3 N–H and O–H groups in total. The largest absolute Gasteiger partial charge is 0.473 e. The number of nitrogens with one attached hydrogen (secondary N) is 1. The van der Waals surface area contributed by atoms with E-state index in [1.807, 2.05) is 12.1 Å². The minimum atomic E-state index is -0.396. The van der Waals surface area contributed by atoms with Gasteiger partial charge in [0.15, 0.2) is 17.3 Å². The van der Waals surface area contributed by atoms with E-state index in [0.717, 1.165) is 87.3 Å². The molecule has 1 aromatic carbocycles. The smallest absolute Gasteiger partial charge is 0.219 e. The predicted octanol–water partition coefficient (Wildman–Crippen LogP) is 3.57. The van der Waals surface area contributed by atoms with Gasteiger partial charge < -0.3 is 25.2 Å². The molecular weight excluding hydrogens is 528 g/mol. The van der Waals surface area contributed by atoms with E-state index in [4.69, 9.17) is 25.0 Å². The van der Waals surface area contributed by atoms with E-state index in [1.54, 1.807) is 0 Å². The Morgan fingerprint density at radius 3 is 2.93 bits per heavy atom. The summed E-state index contributed by atoms with van der Waals surface area (Å²) in [6.45, 7) is 5.20. The van der Waals surface area contributed by atoms with Crippen LogP contribution in [0.15, 0.2) is 22.7 Å². The summed E-state index contributed by atoms with van der Waals surface area (Å²) in [5, 5.41) is 18.3. The fraction of sp³-hybridized carbons (Fsp3) is 0.562. The molecular formula is C32H38N8O2. The first-order valence-corrected chi connectivity index (χ1v) is 15.5. The number of rotatable bonds is 5. The van der Waals surface area contributed by atoms with Crippen molar-refractivity contribution in [2.24, 2.45) is 0 Å². The number of nitrogen functional groups attached to an aromatic ring is 1. The zero-order chi connectivity index (χ0) is 28.6. The number of nitriles is 1. The fourth-order valence-corrected chi connectivity index (χ4v) is 8.57. The van der Waals surface area contributed by atoms with E-state index in [2.05, 4.69) is 46.4 Å². The van der Waals surface area contributed by atoms with Crippen LogP contribution in [0.25, 0.3) is 11.5 Å². The van der Waals surface area contributed by atoms with Crippen LogP contribution in [0, 0.1) is 11.3 Å². The third-order valence-electron chi connectivity index (χ3n) is 10.7. The predicted molar refractivity (Wildman–Crippen MR) is 158 cm³/mol. The lowest BCUT2D eigenvalue weighted by molar-refractivity contribution is 0.117. The molecule has 1 spiro atoms. The van der Waals surface area contributed by atoms with Crippen molar-refractivity contribution in [1.82, 2.24) is 25.3 Å². The van der Waals surface area contributed by atoms with Gasteiger partial charge in [-0.25, -0.2) is 4.98 Å². The summed E-state index contributed by atoms with van der Waals surface area (Å²) in [6, 6.07) is 9.66. The first-order chi connectivity index (χ1) is 20.5. The van der Waals surface area contributed by atoms with Crippen molar-refractivity contribution in [2.75, 3.05) is 37.3 Å². The Morgan fingerprint density at radius 2 is 2.12 bits per heavy atom. The van der Waals surface area contributed by atoms with Crippen LogP contribution in [0.5, 0.6) is 5.88 Å². The van der Waals surface area contributed by atoms with Crippen LogP contribution < -0.4 is 20.7 Å². The minimum absolute atomic E-state index is 0.00438. The van der Waals surface area contributed by atoms with Crippen LogP contribution in [-0.4, -0.2) is 70.9 Å². The minimum Gasteiger partial charge on any atom is -0.473 e. The lowest BCUT2D eigenvalue weighted by atomic mass is 9.68. The van der Waals surface area contributed by atoms with Crippen molar-refractivity contribution < 1.29 is 9.26 Å². The number of ether oxygens (including phenoxy) is 1. The summed E-state index contributed by atoms with van der Waals surface area (Å²) in [5.41, 5.74) is 11.0. The average Bonchev–Trinajstić information content (AvgIpc) is 3.76. The number of likely N-dealkylation sites (N-methyl/N-ethyl adjacent to an activating group) is 1. The Kier molecular flexibility index (Phi) is 5.99. The lowest BCUT2D eigenvalue weighted by Crippen LogP contribution is -2.61. The number of fused-ring (bicyclic) bond motifs is 5. The SMILES string of the molecule is CC(Oc1cc(N2CC3NCCC32)nc(-c2noc3c2CCCC32CCc3ccc(N)c(C#N)c32)n1)C1CCCN1C. The molecule has 42 heavy (non-hydrogen) atoms. The van der Waals surface area contributed by atoms with E-state index in [1.165, 1.54) is 12.0 Å². The van der Waals surface area contributed by atoms with E-state index in [-0.39, 0.29) is 6.10 Å². The molecule has 2 aromatic heterocycles. The molecule has 10 nitrogen and oxygen atoms in total. The number of nitrogens with two attached hydrogens (primary N) is 1. The highest BCUT2D eigenvalue weighted by molar-refractivity contribution is 5.68. The molecule has 3 aromatic rings. The second-order valence-electron chi connectivity index (χ2n) is 12.9. The van der Waals surface area contributed by atoms with Gasteiger partial charge in [0.25, 0.3) is 0 Å². The van der Waals surface area contributed by atoms with Gasteiger partial charge in [-0.2, -0.15) is 10.2 Å². The zero-order valence-electron chi connectivity index (χ0n) is 24.4. The lowest BCUT2D eigenvalue weighted by Gasteiger charge is -2.45. The number of hydrogen-bond donors (Lipinski definition) is 2. The van der Waals surface area contributed by atoms with E-state index < -0.39 is 5.41 Å². The third kappa shape index (κ3) is 3.79. The number of aryl methyl sites for hydroxylation is 1. The van der Waals surface area contributed by atoms with Crippen molar-refractivity contribution in [3.8, 4) is 23.5 Å². The van der Waals surface area contributed by atoms with Gasteiger partial charge in [0.1, 0.15) is 18.0 Å². The fourth-order valence-electron chi connectivity index (χ4n) is 8.57. The van der Waals surface area contributed by atoms with Gasteiger partial charge in [0, 0.05) is 42.0 Å². The summed E-state index contributed by atoms with van der Waals surface area (Å²) in [4.78, 5) is 14.8. The van der Waals surface area contributed by atoms with Crippen molar-refractivity contribution in [3.05, 3.63) is 46.2 Å². The van der Waals surface area contributed by atoms with E-state index in [0.29, 0.717) is 46.8 Å². The summed E-state index contributed by atoms with van der Waals surface area (Å²) < 4.78 is 12.8. The number of hydrogen-bond acceptors (Lipinski definition) is 10. The molecule has 10 heteroatoms. The Bertz CT molecular complexity index is 1600. The first kappa shape index (κ1) is 26.0. The molecule has 0 amide bonds. The third-order valence-corrected chi connectivity index (χ3v) is 10.7. The molecule has 8 rings (SSSR count). The number of benzene rings is 1. The number of anilines is 2. The van der Waals surface area contributed by atoms with Gasteiger partial charge >= 0.3 is 0 Å². The molecule has 3 aliphatic heterocycles. The monoisotopic (exact) mass is 566 g/mol. The normalized spacial score (nSPS) is 28.7. The number of aromatic nitrogens is 3. The van der Waals surface area contributed by atoms with Crippen LogP contribution in [0.1, 0.15) is 73.5 Å². The highest BCUT2D eigenvalue weighted by Crippen LogP contribution is 2.54. The van der Waals surface area contributed by atoms with Gasteiger partial charge in [0.05, 0.1) is 11.0 Å². The molecule has 5 aliphatic rings. The molecule has 218 valence electrons. The summed E-state index contributed by atoms with van der Waals surface area (Å²) in [5.74, 6) is 2.88. The summed E-state index contributed by atoms with van der Waals surface area (Å²) >= 11 is 0. The van der Waals surface area contributed by atoms with Crippen molar-refractivity contribution in [3.63, 3.8) is 0 Å². The van der Waals surface area contributed by atoms with Crippen LogP contribution >= 0.6 is 0 Å². The highest BCUT2D eigenvalue weighted by Gasteiger charge is 2.49. The number of likely N-dealkylation sites (tertiary alicyclic amines) is 1. The van der Waals surface area contributed by atoms with Gasteiger partial charge in [-0.3, -0.25) is 4.90 Å². The summed E-state index contributed by atoms with van der Waals surface area (Å²) in [6.07, 6.45) is 7.91. The molecule has 5 heterocycles. The van der Waals surface area contributed by atoms with Crippen LogP contribution in [0.2, 0.25) is 0 Å². The average molecular weight is 567 g/mol. The second-order valence-corrected chi connectivity index (χ2v) is 12.9. The topological polar surface area (TPSA) is 129 Å². The maximum Gasteiger partial charge on any atom is 0.219 e. The van der Waals surface area contributed by atoms with Gasteiger partial charge in [-0.05, 0) is 95.6 Å². The molecule has 3 fully saturated rings. The standard InChI is InChI=1S/C32H38N8O2/c1-18(24-6-4-14-39(24)2)41-27-15-26(40-17-23-25(40)10-13-35-23)36-31(37-27)29-20-5-3-11-32(30(20)42-38-29)12-9-19-7-8-22(34)21(16-33)28(19)32/h7-8,15,18,23-25,35H,3-6,9-14,17,34H2,1-2H3. The maximum absolute atomic E-state index is 10.1. The maximum atomic E-state index is 10.1. The van der Waals surface area contributed by atoms with E-state index >= 15 is 0 Å². The highest BCUT2D eigenvalue weighted by atomic mass is 16.5. The van der Waals surface area contributed by atoms with Crippen LogP contribution in [-0.2, 0) is 18.3 Å². The molecule has 2 aliphatic carbocycles. The van der Waals surface area contributed by atoms with Crippen molar-refractivity contribution >= 4 is 11.5 Å². The van der Waals surface area contributed by atoms with E-state index in [9.17, 15) is 5.26 Å². The van der Waals surface area contributed by atoms with Crippen LogP contribution in [0.4, 0.5) is 11.5 Å². The quantitative estimate of drug-likeness (QED) is 0.442.